The number of phenolic OH excluding ortho intramolecular Hbond substituents is 2. The lowest BCUT2D eigenvalue weighted by atomic mass is 9.93. The van der Waals surface area contributed by atoms with E-state index in [1.807, 2.05) is 18.2 Å². The van der Waals surface area contributed by atoms with Gasteiger partial charge in [-0.15, -0.1) is 0 Å². The Hall–Kier alpha value is -2.88. The second-order valence-corrected chi connectivity index (χ2v) is 6.12. The highest BCUT2D eigenvalue weighted by atomic mass is 16.3. The highest BCUT2D eigenvalue weighted by molar-refractivity contribution is 5.95. The van der Waals surface area contributed by atoms with Crippen molar-refractivity contribution in [2.75, 3.05) is 0 Å². The van der Waals surface area contributed by atoms with E-state index in [2.05, 4.69) is 6.07 Å². The summed E-state index contributed by atoms with van der Waals surface area (Å²) in [6.45, 7) is 0. The van der Waals surface area contributed by atoms with Gasteiger partial charge in [-0.2, -0.15) is 0 Å². The summed E-state index contributed by atoms with van der Waals surface area (Å²) < 4.78 is 0. The topological polar surface area (TPSA) is 65.7 Å². The van der Waals surface area contributed by atoms with Crippen LogP contribution in [-0.2, 0) is 12.8 Å². The minimum absolute atomic E-state index is 0.126. The van der Waals surface area contributed by atoms with Gasteiger partial charge in [-0.25, -0.2) is 0 Å². The Balaban J connectivity index is 1.85. The van der Waals surface area contributed by atoms with E-state index in [9.17, 15) is 10.2 Å². The van der Waals surface area contributed by atoms with Crippen LogP contribution in [0, 0.1) is 0 Å². The molecule has 1 aromatic heterocycles. The molecular weight excluding hydrogens is 300 g/mol. The molecule has 24 heavy (non-hydrogen) atoms. The molecule has 0 atom stereocenters. The first-order valence-corrected chi connectivity index (χ1v) is 8.19. The van der Waals surface area contributed by atoms with Crippen LogP contribution in [0.1, 0.15) is 29.7 Å². The number of aliphatic imine (C=N–C) groups is 1. The summed E-state index contributed by atoms with van der Waals surface area (Å²) in [4.78, 5) is 9.54. The average molecular weight is 318 g/mol. The molecule has 0 saturated carbocycles. The Morgan fingerprint density at radius 3 is 2.67 bits per heavy atom. The Morgan fingerprint density at radius 1 is 0.958 bits per heavy atom. The van der Waals surface area contributed by atoms with Gasteiger partial charge < -0.3 is 10.2 Å². The molecule has 1 aliphatic carbocycles. The number of rotatable bonds is 2. The molecule has 0 spiro atoms. The van der Waals surface area contributed by atoms with Crippen LogP contribution >= 0.6 is 0 Å². The molecule has 0 aliphatic heterocycles. The van der Waals surface area contributed by atoms with Gasteiger partial charge in [-0.1, -0.05) is 18.2 Å². The lowest BCUT2D eigenvalue weighted by Crippen LogP contribution is -2.06. The van der Waals surface area contributed by atoms with E-state index in [1.165, 1.54) is 24.1 Å². The van der Waals surface area contributed by atoms with E-state index < -0.39 is 0 Å². The zero-order valence-corrected chi connectivity index (χ0v) is 13.2. The largest absolute Gasteiger partial charge is 0.504 e. The number of fused-ring (bicyclic) bond motifs is 2. The number of aromatic hydroxyl groups is 2. The fraction of sp³-hybridized carbons (Fsp3) is 0.200. The number of aryl methyl sites for hydroxylation is 1. The van der Waals surface area contributed by atoms with Crippen LogP contribution in [0.4, 0.5) is 5.69 Å². The van der Waals surface area contributed by atoms with Crippen LogP contribution in [0.3, 0.4) is 0 Å². The van der Waals surface area contributed by atoms with Gasteiger partial charge in [-0.05, 0) is 61.1 Å². The number of nitrogens with zero attached hydrogens (tertiary/aromatic N) is 2. The minimum atomic E-state index is -0.138. The quantitative estimate of drug-likeness (QED) is 0.547. The van der Waals surface area contributed by atoms with Gasteiger partial charge in [0.25, 0.3) is 0 Å². The molecule has 120 valence electrons. The molecule has 4 nitrogen and oxygen atoms in total. The van der Waals surface area contributed by atoms with Crippen molar-refractivity contribution in [3.05, 3.63) is 59.3 Å². The van der Waals surface area contributed by atoms with Crippen LogP contribution in [-0.4, -0.2) is 21.4 Å². The van der Waals surface area contributed by atoms with Gasteiger partial charge in [0.05, 0.1) is 11.2 Å². The number of pyridine rings is 1. The number of para-hydroxylation sites is 1. The third-order valence-corrected chi connectivity index (χ3v) is 4.48. The summed E-state index contributed by atoms with van der Waals surface area (Å²) in [5, 5.41) is 20.1. The molecule has 0 fully saturated rings. The third kappa shape index (κ3) is 2.60. The van der Waals surface area contributed by atoms with Gasteiger partial charge in [-0.3, -0.25) is 9.98 Å². The standard InChI is InChI=1S/C20H18N2O2/c23-18-10-9-13(11-19(18)24)12-21-20-14-5-1-3-7-16(14)22-17-8-4-2-6-15(17)20/h1,3,5,7,9-12,23-24H,2,4,6,8H2. The summed E-state index contributed by atoms with van der Waals surface area (Å²) in [5.74, 6) is -0.264. The first-order chi connectivity index (χ1) is 11.7. The number of benzene rings is 2. The molecule has 4 rings (SSSR count). The van der Waals surface area contributed by atoms with Gasteiger partial charge in [0.2, 0.25) is 0 Å². The van der Waals surface area contributed by atoms with Crippen molar-refractivity contribution in [2.45, 2.75) is 25.7 Å². The van der Waals surface area contributed by atoms with E-state index in [0.29, 0.717) is 0 Å². The Morgan fingerprint density at radius 2 is 1.79 bits per heavy atom. The molecule has 4 heteroatoms. The van der Waals surface area contributed by atoms with E-state index in [-0.39, 0.29) is 11.5 Å². The van der Waals surface area contributed by atoms with Gasteiger partial charge >= 0.3 is 0 Å². The molecule has 0 radical (unpaired) electrons. The summed E-state index contributed by atoms with van der Waals surface area (Å²) in [6.07, 6.45) is 6.07. The fourth-order valence-corrected chi connectivity index (χ4v) is 3.25. The van der Waals surface area contributed by atoms with Gasteiger partial charge in [0, 0.05) is 17.3 Å². The van der Waals surface area contributed by atoms with Crippen LogP contribution < -0.4 is 0 Å². The highest BCUT2D eigenvalue weighted by Crippen LogP contribution is 2.35. The van der Waals surface area contributed by atoms with Crippen molar-refractivity contribution in [1.29, 1.82) is 0 Å². The number of hydrogen-bond acceptors (Lipinski definition) is 4. The van der Waals surface area contributed by atoms with E-state index in [0.717, 1.165) is 47.1 Å². The SMILES string of the molecule is Oc1ccc(C=Nc2c3c(nc4ccccc24)CCCC3)cc1O. The summed E-state index contributed by atoms with van der Waals surface area (Å²) in [5.41, 5.74) is 5.08. The zero-order valence-electron chi connectivity index (χ0n) is 13.2. The average Bonchev–Trinajstić information content (AvgIpc) is 2.61. The summed E-state index contributed by atoms with van der Waals surface area (Å²) >= 11 is 0. The Bertz CT molecular complexity index is 948. The van der Waals surface area contributed by atoms with Gasteiger partial charge in [0.15, 0.2) is 11.5 Å². The Kier molecular flexibility index (Phi) is 3.65. The summed E-state index contributed by atoms with van der Waals surface area (Å²) in [6, 6.07) is 12.8. The van der Waals surface area contributed by atoms with Crippen molar-refractivity contribution in [1.82, 2.24) is 4.98 Å². The maximum Gasteiger partial charge on any atom is 0.158 e. The second-order valence-electron chi connectivity index (χ2n) is 6.12. The minimum Gasteiger partial charge on any atom is -0.504 e. The van der Waals surface area contributed by atoms with Crippen LogP contribution in [0.15, 0.2) is 47.5 Å². The van der Waals surface area contributed by atoms with Crippen LogP contribution in [0.2, 0.25) is 0 Å². The lowest BCUT2D eigenvalue weighted by molar-refractivity contribution is 0.403. The first kappa shape index (κ1) is 14.7. The van der Waals surface area contributed by atoms with Crippen molar-refractivity contribution < 1.29 is 10.2 Å². The maximum atomic E-state index is 9.64. The van der Waals surface area contributed by atoms with E-state index >= 15 is 0 Å². The maximum absolute atomic E-state index is 9.64. The normalized spacial score (nSPS) is 14.2. The fourth-order valence-electron chi connectivity index (χ4n) is 3.25. The smallest absolute Gasteiger partial charge is 0.158 e. The van der Waals surface area contributed by atoms with Crippen molar-refractivity contribution in [3.63, 3.8) is 0 Å². The predicted octanol–water partition coefficient (Wildman–Crippen LogP) is 4.28. The van der Waals surface area contributed by atoms with Crippen LogP contribution in [0.5, 0.6) is 11.5 Å². The van der Waals surface area contributed by atoms with Crippen molar-refractivity contribution in [2.24, 2.45) is 4.99 Å². The zero-order chi connectivity index (χ0) is 16.5. The highest BCUT2D eigenvalue weighted by Gasteiger charge is 2.17. The number of phenols is 2. The second kappa shape index (κ2) is 5.96. The van der Waals surface area contributed by atoms with Crippen molar-refractivity contribution >= 4 is 22.8 Å². The van der Waals surface area contributed by atoms with Crippen LogP contribution in [0.25, 0.3) is 10.9 Å². The molecular formula is C20H18N2O2. The molecule has 1 aliphatic rings. The lowest BCUT2D eigenvalue weighted by Gasteiger charge is -2.18. The molecule has 0 bridgehead atoms. The molecule has 1 heterocycles. The van der Waals surface area contributed by atoms with Gasteiger partial charge in [0.1, 0.15) is 0 Å². The molecule has 2 aromatic carbocycles. The third-order valence-electron chi connectivity index (χ3n) is 4.48. The number of hydrogen-bond donors (Lipinski definition) is 2. The van der Waals surface area contributed by atoms with E-state index in [1.54, 1.807) is 12.3 Å². The molecule has 3 aromatic rings. The number of aromatic nitrogens is 1. The molecule has 0 unspecified atom stereocenters. The summed E-state index contributed by atoms with van der Waals surface area (Å²) in [7, 11) is 0. The first-order valence-electron chi connectivity index (χ1n) is 8.19. The Labute approximate surface area is 140 Å². The van der Waals surface area contributed by atoms with E-state index in [4.69, 9.17) is 9.98 Å². The monoisotopic (exact) mass is 318 g/mol. The molecule has 0 amide bonds. The molecule has 0 saturated heterocycles. The molecule has 2 N–H and O–H groups in total. The predicted molar refractivity (Wildman–Crippen MR) is 95.4 cm³/mol. The van der Waals surface area contributed by atoms with Crippen molar-refractivity contribution in [3.8, 4) is 11.5 Å².